The molecule has 1 heterocycles. The van der Waals surface area contributed by atoms with Gasteiger partial charge in [-0.3, -0.25) is 4.98 Å². The molecule has 1 aliphatic carbocycles. The van der Waals surface area contributed by atoms with Gasteiger partial charge in [0, 0.05) is 29.9 Å². The first-order valence-electron chi connectivity index (χ1n) is 7.33. The Morgan fingerprint density at radius 1 is 1.40 bits per heavy atom. The van der Waals surface area contributed by atoms with E-state index in [1.54, 1.807) is 13.1 Å². The van der Waals surface area contributed by atoms with E-state index in [0.717, 1.165) is 12.0 Å². The second-order valence-corrected chi connectivity index (χ2v) is 5.48. The Morgan fingerprint density at radius 2 is 2.20 bits per heavy atom. The molecule has 1 unspecified atom stereocenters. The van der Waals surface area contributed by atoms with Crippen molar-refractivity contribution in [2.75, 3.05) is 0 Å². The van der Waals surface area contributed by atoms with Crippen LogP contribution in [-0.4, -0.2) is 21.2 Å². The van der Waals surface area contributed by atoms with Crippen LogP contribution in [0.25, 0.3) is 0 Å². The Morgan fingerprint density at radius 3 is 2.85 bits per heavy atom. The summed E-state index contributed by atoms with van der Waals surface area (Å²) in [6, 6.07) is 0.301. The van der Waals surface area contributed by atoms with Crippen LogP contribution in [0.2, 0.25) is 0 Å². The van der Waals surface area contributed by atoms with Crippen LogP contribution in [0, 0.1) is 6.92 Å². The van der Waals surface area contributed by atoms with E-state index in [1.165, 1.54) is 24.8 Å². The third-order valence-corrected chi connectivity index (χ3v) is 4.07. The molecule has 0 amide bonds. The molecule has 2 rings (SSSR count). The number of nitrogens with zero attached hydrogens (tertiary/aromatic N) is 1. The SMILES string of the molecule is Cc1ncc(CO)c(CNC(C)C2=CCCCC2)c1O. The van der Waals surface area contributed by atoms with Crippen LogP contribution >= 0.6 is 0 Å². The second kappa shape index (κ2) is 6.86. The van der Waals surface area contributed by atoms with Crippen LogP contribution in [0.1, 0.15) is 49.4 Å². The zero-order chi connectivity index (χ0) is 14.5. The third-order valence-electron chi connectivity index (χ3n) is 4.07. The minimum atomic E-state index is -0.102. The first-order chi connectivity index (χ1) is 9.63. The van der Waals surface area contributed by atoms with Crippen molar-refractivity contribution in [3.05, 3.63) is 34.7 Å². The van der Waals surface area contributed by atoms with E-state index in [9.17, 15) is 10.2 Å². The van der Waals surface area contributed by atoms with E-state index in [-0.39, 0.29) is 12.4 Å². The number of aliphatic hydroxyl groups is 1. The number of aryl methyl sites for hydroxylation is 1. The molecule has 0 bridgehead atoms. The number of rotatable bonds is 5. The lowest BCUT2D eigenvalue weighted by atomic mass is 9.94. The first kappa shape index (κ1) is 15.0. The molecule has 3 N–H and O–H groups in total. The van der Waals surface area contributed by atoms with Crippen LogP contribution in [0.3, 0.4) is 0 Å². The Labute approximate surface area is 120 Å². The van der Waals surface area contributed by atoms with Gasteiger partial charge in [0.1, 0.15) is 5.75 Å². The van der Waals surface area contributed by atoms with Gasteiger partial charge >= 0.3 is 0 Å². The number of aliphatic hydroxyl groups excluding tert-OH is 1. The molecular weight excluding hydrogens is 252 g/mol. The zero-order valence-corrected chi connectivity index (χ0v) is 12.3. The molecule has 0 aromatic carbocycles. The zero-order valence-electron chi connectivity index (χ0n) is 12.3. The van der Waals surface area contributed by atoms with Gasteiger partial charge in [0.2, 0.25) is 0 Å². The first-order valence-corrected chi connectivity index (χ1v) is 7.33. The van der Waals surface area contributed by atoms with Crippen molar-refractivity contribution >= 4 is 0 Å². The van der Waals surface area contributed by atoms with Gasteiger partial charge in [0.25, 0.3) is 0 Å². The largest absolute Gasteiger partial charge is 0.506 e. The number of aromatic hydroxyl groups is 1. The molecule has 0 fully saturated rings. The van der Waals surface area contributed by atoms with Crippen LogP contribution in [0.15, 0.2) is 17.8 Å². The summed E-state index contributed by atoms with van der Waals surface area (Å²) in [4.78, 5) is 4.08. The molecule has 0 saturated heterocycles. The number of hydrogen-bond acceptors (Lipinski definition) is 4. The highest BCUT2D eigenvalue weighted by atomic mass is 16.3. The molecular formula is C16H24N2O2. The number of nitrogens with one attached hydrogen (secondary N) is 1. The molecule has 110 valence electrons. The maximum absolute atomic E-state index is 10.1. The Bertz CT molecular complexity index is 497. The average molecular weight is 276 g/mol. The monoisotopic (exact) mass is 276 g/mol. The van der Waals surface area contributed by atoms with Crippen molar-refractivity contribution in [3.63, 3.8) is 0 Å². The lowest BCUT2D eigenvalue weighted by Crippen LogP contribution is -2.28. The highest BCUT2D eigenvalue weighted by molar-refractivity contribution is 5.40. The maximum atomic E-state index is 10.1. The van der Waals surface area contributed by atoms with E-state index < -0.39 is 0 Å². The van der Waals surface area contributed by atoms with Crippen LogP contribution in [0.5, 0.6) is 5.75 Å². The molecule has 1 aromatic rings. The summed E-state index contributed by atoms with van der Waals surface area (Å²) >= 11 is 0. The van der Waals surface area contributed by atoms with Crippen molar-refractivity contribution in [2.45, 2.75) is 58.7 Å². The average Bonchev–Trinajstić information content (AvgIpc) is 2.49. The van der Waals surface area contributed by atoms with Gasteiger partial charge in [-0.25, -0.2) is 0 Å². The molecule has 0 saturated carbocycles. The van der Waals surface area contributed by atoms with Gasteiger partial charge in [-0.2, -0.15) is 0 Å². The predicted octanol–water partition coefficient (Wildman–Crippen LogP) is 2.57. The smallest absolute Gasteiger partial charge is 0.141 e. The molecule has 0 radical (unpaired) electrons. The lowest BCUT2D eigenvalue weighted by molar-refractivity contribution is 0.278. The van der Waals surface area contributed by atoms with Gasteiger partial charge in [0.15, 0.2) is 0 Å². The van der Waals surface area contributed by atoms with Crippen molar-refractivity contribution < 1.29 is 10.2 Å². The minimum Gasteiger partial charge on any atom is -0.506 e. The van der Waals surface area contributed by atoms with E-state index in [4.69, 9.17) is 0 Å². The fourth-order valence-electron chi connectivity index (χ4n) is 2.66. The summed E-state index contributed by atoms with van der Waals surface area (Å²) in [5.74, 6) is 0.189. The van der Waals surface area contributed by atoms with Crippen LogP contribution in [-0.2, 0) is 13.2 Å². The van der Waals surface area contributed by atoms with Gasteiger partial charge in [0.05, 0.1) is 12.3 Å². The van der Waals surface area contributed by atoms with Gasteiger partial charge in [-0.1, -0.05) is 11.6 Å². The highest BCUT2D eigenvalue weighted by Gasteiger charge is 2.15. The molecule has 0 aliphatic heterocycles. The summed E-state index contributed by atoms with van der Waals surface area (Å²) in [5, 5.41) is 22.9. The standard InChI is InChI=1S/C16H24N2O2/c1-11(13-6-4-3-5-7-13)18-9-15-14(10-19)8-17-12(2)16(15)20/h6,8,11,18-20H,3-5,7,9-10H2,1-2H3. The summed E-state index contributed by atoms with van der Waals surface area (Å²) in [5.41, 5.74) is 3.49. The molecule has 4 nitrogen and oxygen atoms in total. The fraction of sp³-hybridized carbons (Fsp3) is 0.562. The molecule has 0 spiro atoms. The van der Waals surface area contributed by atoms with Crippen LogP contribution < -0.4 is 5.32 Å². The quantitative estimate of drug-likeness (QED) is 0.723. The second-order valence-electron chi connectivity index (χ2n) is 5.48. The van der Waals surface area contributed by atoms with Crippen molar-refractivity contribution in [1.29, 1.82) is 0 Å². The van der Waals surface area contributed by atoms with Crippen molar-refractivity contribution in [3.8, 4) is 5.75 Å². The van der Waals surface area contributed by atoms with Crippen molar-refractivity contribution in [2.24, 2.45) is 0 Å². The fourth-order valence-corrected chi connectivity index (χ4v) is 2.66. The van der Waals surface area contributed by atoms with E-state index in [2.05, 4.69) is 23.3 Å². The molecule has 1 aliphatic rings. The van der Waals surface area contributed by atoms with E-state index >= 15 is 0 Å². The molecule has 20 heavy (non-hydrogen) atoms. The Balaban J connectivity index is 2.06. The van der Waals surface area contributed by atoms with Gasteiger partial charge in [-0.05, 0) is 39.5 Å². The number of hydrogen-bond donors (Lipinski definition) is 3. The van der Waals surface area contributed by atoms with Gasteiger partial charge < -0.3 is 15.5 Å². The predicted molar refractivity (Wildman–Crippen MR) is 79.4 cm³/mol. The highest BCUT2D eigenvalue weighted by Crippen LogP contribution is 2.25. The summed E-state index contributed by atoms with van der Waals surface area (Å²) < 4.78 is 0. The van der Waals surface area contributed by atoms with Crippen molar-refractivity contribution in [1.82, 2.24) is 10.3 Å². The third kappa shape index (κ3) is 3.38. The maximum Gasteiger partial charge on any atom is 0.141 e. The Kier molecular flexibility index (Phi) is 5.15. The summed E-state index contributed by atoms with van der Waals surface area (Å²) in [6.07, 6.45) is 8.84. The number of pyridine rings is 1. The molecule has 1 aromatic heterocycles. The summed E-state index contributed by atoms with van der Waals surface area (Å²) in [6.45, 7) is 4.37. The van der Waals surface area contributed by atoms with Crippen LogP contribution in [0.4, 0.5) is 0 Å². The topological polar surface area (TPSA) is 65.4 Å². The van der Waals surface area contributed by atoms with Gasteiger partial charge in [-0.15, -0.1) is 0 Å². The minimum absolute atomic E-state index is 0.102. The van der Waals surface area contributed by atoms with E-state index in [0.29, 0.717) is 23.8 Å². The van der Waals surface area contributed by atoms with E-state index in [1.807, 2.05) is 0 Å². The summed E-state index contributed by atoms with van der Waals surface area (Å²) in [7, 11) is 0. The lowest BCUT2D eigenvalue weighted by Gasteiger charge is -2.22. The normalized spacial score (nSPS) is 16.9. The molecule has 4 heteroatoms. The Hall–Kier alpha value is -1.39. The number of aromatic nitrogens is 1. The molecule has 1 atom stereocenters. The number of allylic oxidation sites excluding steroid dienone is 1.